The summed E-state index contributed by atoms with van der Waals surface area (Å²) in [6, 6.07) is 24.7. The molecule has 0 radical (unpaired) electrons. The number of carbonyl (C=O) groups is 2. The molecule has 0 aliphatic carbocycles. The molecule has 1 heterocycles. The van der Waals surface area contributed by atoms with Gasteiger partial charge in [0.2, 0.25) is 5.91 Å². The lowest BCUT2D eigenvalue weighted by Gasteiger charge is -2.14. The molecule has 1 amide bonds. The molecular formula is C28H28N4O3S. The predicted octanol–water partition coefficient (Wildman–Crippen LogP) is 5.54. The van der Waals surface area contributed by atoms with E-state index in [2.05, 4.69) is 15.5 Å². The van der Waals surface area contributed by atoms with Crippen LogP contribution in [0.2, 0.25) is 0 Å². The number of amides is 1. The summed E-state index contributed by atoms with van der Waals surface area (Å²) in [5.74, 6) is 1.25. The van der Waals surface area contributed by atoms with Crippen molar-refractivity contribution in [3.8, 4) is 5.75 Å². The van der Waals surface area contributed by atoms with Gasteiger partial charge in [0.15, 0.2) is 16.8 Å². The Morgan fingerprint density at radius 1 is 0.972 bits per heavy atom. The molecule has 3 aromatic carbocycles. The molecule has 0 aliphatic heterocycles. The van der Waals surface area contributed by atoms with Crippen molar-refractivity contribution in [1.82, 2.24) is 14.8 Å². The molecule has 0 fully saturated rings. The summed E-state index contributed by atoms with van der Waals surface area (Å²) in [7, 11) is 0. The first kappa shape index (κ1) is 25.2. The Morgan fingerprint density at radius 3 is 2.33 bits per heavy atom. The van der Waals surface area contributed by atoms with Gasteiger partial charge in [-0.2, -0.15) is 0 Å². The van der Waals surface area contributed by atoms with Gasteiger partial charge < -0.3 is 10.1 Å². The van der Waals surface area contributed by atoms with Crippen molar-refractivity contribution < 1.29 is 14.3 Å². The lowest BCUT2D eigenvalue weighted by molar-refractivity contribution is -0.115. The van der Waals surface area contributed by atoms with Crippen LogP contribution < -0.4 is 10.1 Å². The Hall–Kier alpha value is -3.91. The van der Waals surface area contributed by atoms with Crippen molar-refractivity contribution in [2.24, 2.45) is 0 Å². The van der Waals surface area contributed by atoms with E-state index >= 15 is 0 Å². The third-order valence-electron chi connectivity index (χ3n) is 5.58. The number of hydrogen-bond donors (Lipinski definition) is 1. The second-order valence-electron chi connectivity index (χ2n) is 8.46. The Balaban J connectivity index is 1.48. The number of nitrogens with one attached hydrogen (secondary N) is 1. The first-order chi connectivity index (χ1) is 17.4. The first-order valence-corrected chi connectivity index (χ1v) is 12.5. The van der Waals surface area contributed by atoms with Gasteiger partial charge in [0.1, 0.15) is 12.4 Å². The Labute approximate surface area is 214 Å². The molecule has 0 spiro atoms. The van der Waals surface area contributed by atoms with Crippen molar-refractivity contribution >= 4 is 29.1 Å². The molecule has 7 nitrogen and oxygen atoms in total. The summed E-state index contributed by atoms with van der Waals surface area (Å²) in [6.07, 6.45) is 0. The van der Waals surface area contributed by atoms with E-state index in [0.29, 0.717) is 28.8 Å². The fraction of sp³-hybridized carbons (Fsp3) is 0.214. The highest BCUT2D eigenvalue weighted by Gasteiger charge is 2.21. The van der Waals surface area contributed by atoms with Crippen LogP contribution in [0.4, 0.5) is 5.69 Å². The smallest absolute Gasteiger partial charge is 0.237 e. The number of carbonyl (C=O) groups excluding carboxylic acids is 2. The monoisotopic (exact) mass is 500 g/mol. The third-order valence-corrected chi connectivity index (χ3v) is 6.66. The minimum atomic E-state index is -0.429. The number of anilines is 1. The molecule has 1 N–H and O–H groups in total. The van der Waals surface area contributed by atoms with E-state index in [9.17, 15) is 9.59 Å². The zero-order valence-corrected chi connectivity index (χ0v) is 21.3. The van der Waals surface area contributed by atoms with Crippen molar-refractivity contribution in [2.45, 2.75) is 44.3 Å². The molecule has 1 aromatic heterocycles. The molecule has 184 valence electrons. The number of thioether (sulfide) groups is 1. The van der Waals surface area contributed by atoms with Crippen LogP contribution in [0.3, 0.4) is 0 Å². The quantitative estimate of drug-likeness (QED) is 0.227. The highest BCUT2D eigenvalue weighted by Crippen LogP contribution is 2.25. The van der Waals surface area contributed by atoms with E-state index in [1.807, 2.05) is 73.0 Å². The molecule has 0 saturated heterocycles. The molecule has 0 bridgehead atoms. The summed E-state index contributed by atoms with van der Waals surface area (Å²) in [6.45, 7) is 6.18. The molecule has 8 heteroatoms. The zero-order valence-electron chi connectivity index (χ0n) is 20.5. The third kappa shape index (κ3) is 6.60. The summed E-state index contributed by atoms with van der Waals surface area (Å²) < 4.78 is 7.95. The van der Waals surface area contributed by atoms with Gasteiger partial charge in [-0.3, -0.25) is 14.2 Å². The second kappa shape index (κ2) is 11.7. The lowest BCUT2D eigenvalue weighted by atomic mass is 10.1. The van der Waals surface area contributed by atoms with Crippen LogP contribution in [0.25, 0.3) is 0 Å². The number of hydrogen-bond acceptors (Lipinski definition) is 6. The molecule has 4 rings (SSSR count). The van der Waals surface area contributed by atoms with Crippen molar-refractivity contribution in [1.29, 1.82) is 0 Å². The number of rotatable bonds is 10. The van der Waals surface area contributed by atoms with Crippen LogP contribution in [-0.2, 0) is 17.9 Å². The summed E-state index contributed by atoms with van der Waals surface area (Å²) in [5, 5.41) is 11.9. The Bertz CT molecular complexity index is 1320. The minimum Gasteiger partial charge on any atom is -0.486 e. The zero-order chi connectivity index (χ0) is 25.5. The number of benzene rings is 3. The van der Waals surface area contributed by atoms with E-state index in [4.69, 9.17) is 4.74 Å². The number of ketones is 1. The average molecular weight is 501 g/mol. The molecule has 36 heavy (non-hydrogen) atoms. The van der Waals surface area contributed by atoms with Crippen molar-refractivity contribution in [3.05, 3.63) is 101 Å². The average Bonchev–Trinajstić information content (AvgIpc) is 3.25. The fourth-order valence-electron chi connectivity index (χ4n) is 3.46. The maximum atomic E-state index is 12.9. The number of aromatic nitrogens is 3. The number of aryl methyl sites for hydroxylation is 1. The number of ether oxygens (including phenoxy) is 1. The predicted molar refractivity (Wildman–Crippen MR) is 141 cm³/mol. The van der Waals surface area contributed by atoms with Crippen molar-refractivity contribution in [3.63, 3.8) is 0 Å². The van der Waals surface area contributed by atoms with Crippen LogP contribution in [0.15, 0.2) is 84.0 Å². The van der Waals surface area contributed by atoms with E-state index in [1.54, 1.807) is 24.3 Å². The van der Waals surface area contributed by atoms with E-state index < -0.39 is 5.25 Å². The lowest BCUT2D eigenvalue weighted by Crippen LogP contribution is -2.23. The van der Waals surface area contributed by atoms with Gasteiger partial charge in [0.05, 0.1) is 11.8 Å². The van der Waals surface area contributed by atoms with Crippen LogP contribution in [-0.4, -0.2) is 31.7 Å². The molecule has 4 aromatic rings. The van der Waals surface area contributed by atoms with Crippen LogP contribution in [0.5, 0.6) is 5.75 Å². The van der Waals surface area contributed by atoms with Gasteiger partial charge in [-0.25, -0.2) is 0 Å². The first-order valence-electron chi connectivity index (χ1n) is 11.6. The molecule has 1 atom stereocenters. The largest absolute Gasteiger partial charge is 0.486 e. The summed E-state index contributed by atoms with van der Waals surface area (Å²) in [5.41, 5.74) is 3.49. The highest BCUT2D eigenvalue weighted by molar-refractivity contribution is 8.00. The maximum absolute atomic E-state index is 12.9. The van der Waals surface area contributed by atoms with Gasteiger partial charge in [-0.1, -0.05) is 59.8 Å². The summed E-state index contributed by atoms with van der Waals surface area (Å²) in [4.78, 5) is 24.4. The van der Waals surface area contributed by atoms with Gasteiger partial charge in [0.25, 0.3) is 0 Å². The van der Waals surface area contributed by atoms with Gasteiger partial charge >= 0.3 is 0 Å². The minimum absolute atomic E-state index is 0.0169. The maximum Gasteiger partial charge on any atom is 0.237 e. The number of Topliss-reactive ketones (excluding diaryl/α,β-unsaturated/α-hetero) is 1. The molecule has 0 aliphatic rings. The number of nitrogens with zero attached hydrogens (tertiary/aromatic N) is 3. The standard InChI is InChI=1S/C28H28N4O3S/c1-19-9-15-25(16-10-19)35-18-26-30-31-28(32(26)17-22-7-5-4-6-8-22)36-21(3)27(34)29-24-13-11-23(12-14-24)20(2)33/h4-16,21H,17-18H2,1-3H3,(H,29,34)/t21-/m1/s1. The van der Waals surface area contributed by atoms with E-state index in [0.717, 1.165) is 16.9 Å². The van der Waals surface area contributed by atoms with E-state index in [1.165, 1.54) is 18.7 Å². The van der Waals surface area contributed by atoms with Gasteiger partial charge in [-0.05, 0) is 62.7 Å². The fourth-order valence-corrected chi connectivity index (χ4v) is 4.33. The van der Waals surface area contributed by atoms with Crippen LogP contribution in [0.1, 0.15) is 41.2 Å². The highest BCUT2D eigenvalue weighted by atomic mass is 32.2. The Morgan fingerprint density at radius 2 is 1.67 bits per heavy atom. The molecule has 0 saturated carbocycles. The SMILES string of the molecule is CC(=O)c1ccc(NC(=O)[C@@H](C)Sc2nnc(COc3ccc(C)cc3)n2Cc2ccccc2)cc1. The van der Waals surface area contributed by atoms with E-state index in [-0.39, 0.29) is 18.3 Å². The topological polar surface area (TPSA) is 86.1 Å². The normalized spacial score (nSPS) is 11.6. The second-order valence-corrected chi connectivity index (χ2v) is 9.76. The van der Waals surface area contributed by atoms with Gasteiger partial charge in [-0.15, -0.1) is 10.2 Å². The van der Waals surface area contributed by atoms with Gasteiger partial charge in [0, 0.05) is 11.3 Å². The molecular weight excluding hydrogens is 472 g/mol. The van der Waals surface area contributed by atoms with Crippen molar-refractivity contribution in [2.75, 3.05) is 5.32 Å². The molecule has 0 unspecified atom stereocenters. The van der Waals surface area contributed by atoms with Crippen LogP contribution >= 0.6 is 11.8 Å². The summed E-state index contributed by atoms with van der Waals surface area (Å²) >= 11 is 1.34. The van der Waals surface area contributed by atoms with Crippen LogP contribution in [0, 0.1) is 6.92 Å². The Kier molecular flexibility index (Phi) is 8.17.